The van der Waals surface area contributed by atoms with Crippen LogP contribution in [-0.4, -0.2) is 9.55 Å². The van der Waals surface area contributed by atoms with Crippen LogP contribution in [0.2, 0.25) is 0 Å². The molecule has 2 aromatic rings. The zero-order valence-electron chi connectivity index (χ0n) is 8.56. The zero-order chi connectivity index (χ0) is 11.7. The number of halogens is 2. The second-order valence-electron chi connectivity index (χ2n) is 3.46. The van der Waals surface area contributed by atoms with Gasteiger partial charge in [-0.1, -0.05) is 12.1 Å². The largest absolute Gasteiger partial charge is 0.320 e. The number of para-hydroxylation sites is 2. The molecule has 0 N–H and O–H groups in total. The molecule has 82 valence electrons. The van der Waals surface area contributed by atoms with E-state index in [1.165, 1.54) is 0 Å². The number of rotatable bonds is 2. The highest BCUT2D eigenvalue weighted by Crippen LogP contribution is 2.26. The molecule has 0 saturated heterocycles. The Hall–Kier alpha value is -1.96. The standard InChI is InChI=1S/C11H9F2N3/c1-7(6-14)10-15-8-4-2-3-5-9(8)16(10)11(12)13/h2-5,7,11H,1H3/t7-/m0/s1. The molecule has 1 heterocycles. The summed E-state index contributed by atoms with van der Waals surface area (Å²) in [6.45, 7) is -1.13. The summed E-state index contributed by atoms with van der Waals surface area (Å²) in [6.07, 6.45) is 0. The van der Waals surface area contributed by atoms with E-state index < -0.39 is 12.5 Å². The van der Waals surface area contributed by atoms with Gasteiger partial charge < -0.3 is 0 Å². The molecule has 1 aromatic carbocycles. The van der Waals surface area contributed by atoms with Crippen LogP contribution in [0.25, 0.3) is 11.0 Å². The van der Waals surface area contributed by atoms with Gasteiger partial charge in [0.1, 0.15) is 11.7 Å². The van der Waals surface area contributed by atoms with Gasteiger partial charge in [0, 0.05) is 0 Å². The summed E-state index contributed by atoms with van der Waals surface area (Å²) >= 11 is 0. The van der Waals surface area contributed by atoms with Crippen LogP contribution >= 0.6 is 0 Å². The molecule has 0 bridgehead atoms. The highest BCUT2D eigenvalue weighted by atomic mass is 19.3. The van der Waals surface area contributed by atoms with Gasteiger partial charge in [-0.2, -0.15) is 14.0 Å². The third-order valence-electron chi connectivity index (χ3n) is 2.40. The van der Waals surface area contributed by atoms with Crippen molar-refractivity contribution in [3.05, 3.63) is 30.1 Å². The van der Waals surface area contributed by atoms with E-state index in [1.54, 1.807) is 31.2 Å². The van der Waals surface area contributed by atoms with Gasteiger partial charge in [0.25, 0.3) is 0 Å². The minimum atomic E-state index is -2.68. The Labute approximate surface area is 90.9 Å². The third kappa shape index (κ3) is 1.52. The number of hydrogen-bond donors (Lipinski definition) is 0. The van der Waals surface area contributed by atoms with E-state index >= 15 is 0 Å². The van der Waals surface area contributed by atoms with Gasteiger partial charge in [-0.3, -0.25) is 4.57 Å². The van der Waals surface area contributed by atoms with Crippen molar-refractivity contribution in [2.45, 2.75) is 19.4 Å². The number of hydrogen-bond acceptors (Lipinski definition) is 2. The van der Waals surface area contributed by atoms with E-state index in [-0.39, 0.29) is 5.82 Å². The topological polar surface area (TPSA) is 41.6 Å². The lowest BCUT2D eigenvalue weighted by Gasteiger charge is -2.08. The lowest BCUT2D eigenvalue weighted by Crippen LogP contribution is -2.06. The van der Waals surface area contributed by atoms with Crippen molar-refractivity contribution in [1.82, 2.24) is 9.55 Å². The highest BCUT2D eigenvalue weighted by molar-refractivity contribution is 5.76. The van der Waals surface area contributed by atoms with Gasteiger partial charge in [0.05, 0.1) is 17.1 Å². The van der Waals surface area contributed by atoms with Crippen molar-refractivity contribution < 1.29 is 8.78 Å². The molecule has 0 aliphatic carbocycles. The maximum atomic E-state index is 12.9. The Kier molecular flexibility index (Phi) is 2.57. The Bertz CT molecular complexity index is 554. The summed E-state index contributed by atoms with van der Waals surface area (Å²) in [5.74, 6) is -0.542. The number of aromatic nitrogens is 2. The first-order valence-electron chi connectivity index (χ1n) is 4.79. The molecule has 0 saturated carbocycles. The molecule has 0 spiro atoms. The maximum absolute atomic E-state index is 12.9. The van der Waals surface area contributed by atoms with E-state index in [0.717, 1.165) is 4.57 Å². The van der Waals surface area contributed by atoms with Crippen LogP contribution < -0.4 is 0 Å². The van der Waals surface area contributed by atoms with Gasteiger partial charge >= 0.3 is 6.55 Å². The fraction of sp³-hybridized carbons (Fsp3) is 0.273. The maximum Gasteiger partial charge on any atom is 0.320 e. The molecule has 0 amide bonds. The van der Waals surface area contributed by atoms with Gasteiger partial charge in [-0.05, 0) is 19.1 Å². The van der Waals surface area contributed by atoms with Crippen LogP contribution in [0.1, 0.15) is 25.2 Å². The zero-order valence-corrected chi connectivity index (χ0v) is 8.56. The summed E-state index contributed by atoms with van der Waals surface area (Å²) < 4.78 is 26.6. The Morgan fingerprint density at radius 1 is 1.38 bits per heavy atom. The predicted molar refractivity (Wildman–Crippen MR) is 55.0 cm³/mol. The van der Waals surface area contributed by atoms with Gasteiger partial charge in [0.2, 0.25) is 0 Å². The fourth-order valence-electron chi connectivity index (χ4n) is 1.63. The number of benzene rings is 1. The first-order chi connectivity index (χ1) is 7.65. The van der Waals surface area contributed by atoms with Crippen LogP contribution in [0.5, 0.6) is 0 Å². The quantitative estimate of drug-likeness (QED) is 0.782. The van der Waals surface area contributed by atoms with Gasteiger partial charge in [0.15, 0.2) is 0 Å². The van der Waals surface area contributed by atoms with Crippen molar-refractivity contribution in [3.8, 4) is 6.07 Å². The Morgan fingerprint density at radius 2 is 2.06 bits per heavy atom. The summed E-state index contributed by atoms with van der Waals surface area (Å²) in [5.41, 5.74) is 0.842. The van der Waals surface area contributed by atoms with Crippen molar-refractivity contribution >= 4 is 11.0 Å². The van der Waals surface area contributed by atoms with E-state index in [0.29, 0.717) is 11.0 Å². The van der Waals surface area contributed by atoms with Crippen molar-refractivity contribution in [2.75, 3.05) is 0 Å². The van der Waals surface area contributed by atoms with E-state index in [1.807, 2.05) is 6.07 Å². The number of nitrogens with zero attached hydrogens (tertiary/aromatic N) is 3. The third-order valence-corrected chi connectivity index (χ3v) is 2.40. The summed E-state index contributed by atoms with van der Waals surface area (Å²) in [5, 5.41) is 8.77. The average Bonchev–Trinajstić information content (AvgIpc) is 2.67. The van der Waals surface area contributed by atoms with Crippen LogP contribution in [0.4, 0.5) is 8.78 Å². The molecule has 5 heteroatoms. The number of nitriles is 1. The molecule has 2 rings (SSSR count). The monoisotopic (exact) mass is 221 g/mol. The smallest absolute Gasteiger partial charge is 0.269 e. The molecular formula is C11H9F2N3. The lowest BCUT2D eigenvalue weighted by molar-refractivity contribution is 0.0711. The molecule has 0 aliphatic rings. The Balaban J connectivity index is 2.74. The molecule has 0 unspecified atom stereocenters. The second kappa shape index (κ2) is 3.89. The lowest BCUT2D eigenvalue weighted by atomic mass is 10.2. The minimum absolute atomic E-state index is 0.110. The van der Waals surface area contributed by atoms with Crippen LogP contribution in [0, 0.1) is 11.3 Å². The molecule has 0 fully saturated rings. The van der Waals surface area contributed by atoms with Gasteiger partial charge in [-0.15, -0.1) is 0 Å². The summed E-state index contributed by atoms with van der Waals surface area (Å²) in [4.78, 5) is 4.07. The second-order valence-corrected chi connectivity index (χ2v) is 3.46. The Morgan fingerprint density at radius 3 is 2.69 bits per heavy atom. The predicted octanol–water partition coefficient (Wildman–Crippen LogP) is 3.06. The minimum Gasteiger partial charge on any atom is -0.269 e. The van der Waals surface area contributed by atoms with Crippen LogP contribution in [0.15, 0.2) is 24.3 Å². The van der Waals surface area contributed by atoms with Crippen LogP contribution in [-0.2, 0) is 0 Å². The molecular weight excluding hydrogens is 212 g/mol. The highest BCUT2D eigenvalue weighted by Gasteiger charge is 2.21. The normalized spacial score (nSPS) is 12.9. The van der Waals surface area contributed by atoms with Crippen molar-refractivity contribution in [3.63, 3.8) is 0 Å². The van der Waals surface area contributed by atoms with Crippen molar-refractivity contribution in [1.29, 1.82) is 5.26 Å². The first kappa shape index (κ1) is 10.6. The summed E-state index contributed by atoms with van der Waals surface area (Å²) in [6, 6.07) is 8.55. The number of fused-ring (bicyclic) bond motifs is 1. The van der Waals surface area contributed by atoms with E-state index in [9.17, 15) is 8.78 Å². The van der Waals surface area contributed by atoms with Gasteiger partial charge in [-0.25, -0.2) is 4.98 Å². The number of imidazole rings is 1. The number of alkyl halides is 2. The molecule has 0 radical (unpaired) electrons. The molecule has 1 atom stereocenters. The van der Waals surface area contributed by atoms with E-state index in [2.05, 4.69) is 4.98 Å². The van der Waals surface area contributed by atoms with Crippen LogP contribution in [0.3, 0.4) is 0 Å². The first-order valence-corrected chi connectivity index (χ1v) is 4.79. The fourth-order valence-corrected chi connectivity index (χ4v) is 1.63. The summed E-state index contributed by atoms with van der Waals surface area (Å²) in [7, 11) is 0. The molecule has 16 heavy (non-hydrogen) atoms. The van der Waals surface area contributed by atoms with E-state index in [4.69, 9.17) is 5.26 Å². The SMILES string of the molecule is C[C@@H](C#N)c1nc2ccccc2n1C(F)F. The van der Waals surface area contributed by atoms with Crippen molar-refractivity contribution in [2.24, 2.45) is 0 Å². The molecule has 3 nitrogen and oxygen atoms in total. The molecule has 0 aliphatic heterocycles. The molecule has 1 aromatic heterocycles. The average molecular weight is 221 g/mol.